The Labute approximate surface area is 119 Å². The zero-order valence-electron chi connectivity index (χ0n) is 9.61. The summed E-state index contributed by atoms with van der Waals surface area (Å²) in [6.45, 7) is 1.88. The lowest BCUT2D eigenvalue weighted by atomic mass is 10.2. The van der Waals surface area contributed by atoms with Gasteiger partial charge >= 0.3 is 5.97 Å². The van der Waals surface area contributed by atoms with E-state index in [4.69, 9.17) is 16.3 Å². The highest BCUT2D eigenvalue weighted by Crippen LogP contribution is 2.23. The van der Waals surface area contributed by atoms with Gasteiger partial charge in [0.1, 0.15) is 5.75 Å². The minimum absolute atomic E-state index is 0.414. The number of hydrogen-bond donors (Lipinski definition) is 0. The number of rotatable bonds is 2. The molecule has 0 heterocycles. The zero-order valence-corrected chi connectivity index (χ0v) is 12.0. The van der Waals surface area contributed by atoms with Crippen LogP contribution < -0.4 is 4.74 Å². The molecule has 0 N–H and O–H groups in total. The van der Waals surface area contributed by atoms with Crippen molar-refractivity contribution >= 4 is 33.5 Å². The van der Waals surface area contributed by atoms with Gasteiger partial charge in [0.25, 0.3) is 0 Å². The Morgan fingerprint density at radius 2 is 2.00 bits per heavy atom. The van der Waals surface area contributed by atoms with Crippen molar-refractivity contribution < 1.29 is 9.53 Å². The van der Waals surface area contributed by atoms with Crippen molar-refractivity contribution in [3.8, 4) is 5.75 Å². The molecule has 0 atom stereocenters. The second kappa shape index (κ2) is 5.55. The molecule has 0 aliphatic carbocycles. The number of esters is 1. The summed E-state index contributed by atoms with van der Waals surface area (Å²) in [4.78, 5) is 11.9. The van der Waals surface area contributed by atoms with Crippen molar-refractivity contribution in [2.24, 2.45) is 0 Å². The molecule has 2 aromatic rings. The maximum absolute atomic E-state index is 11.9. The van der Waals surface area contributed by atoms with Crippen LogP contribution in [0.25, 0.3) is 0 Å². The van der Waals surface area contributed by atoms with Gasteiger partial charge in [-0.2, -0.15) is 0 Å². The molecule has 0 spiro atoms. The van der Waals surface area contributed by atoms with Gasteiger partial charge in [0.15, 0.2) is 0 Å². The Morgan fingerprint density at radius 1 is 1.22 bits per heavy atom. The largest absolute Gasteiger partial charge is 0.423 e. The van der Waals surface area contributed by atoms with Gasteiger partial charge in [0, 0.05) is 9.50 Å². The van der Waals surface area contributed by atoms with Crippen molar-refractivity contribution in [3.05, 3.63) is 63.1 Å². The van der Waals surface area contributed by atoms with E-state index in [1.165, 1.54) is 0 Å². The molecule has 0 radical (unpaired) electrons. The summed E-state index contributed by atoms with van der Waals surface area (Å²) in [6.07, 6.45) is 0. The third-order valence-electron chi connectivity index (χ3n) is 2.40. The van der Waals surface area contributed by atoms with E-state index in [1.54, 1.807) is 30.3 Å². The van der Waals surface area contributed by atoms with Crippen LogP contribution in [-0.4, -0.2) is 5.97 Å². The van der Waals surface area contributed by atoms with Gasteiger partial charge in [-0.3, -0.25) is 0 Å². The Bertz CT molecular complexity index is 596. The van der Waals surface area contributed by atoms with Crippen molar-refractivity contribution in [1.82, 2.24) is 0 Å². The number of aryl methyl sites for hydroxylation is 1. The molecule has 2 nitrogen and oxygen atoms in total. The van der Waals surface area contributed by atoms with Crippen LogP contribution in [0, 0.1) is 6.92 Å². The first-order valence-electron chi connectivity index (χ1n) is 5.30. The summed E-state index contributed by atoms with van der Waals surface area (Å²) in [7, 11) is 0. The molecule has 0 aliphatic rings. The van der Waals surface area contributed by atoms with Gasteiger partial charge in [-0.15, -0.1) is 0 Å². The quantitative estimate of drug-likeness (QED) is 0.594. The van der Waals surface area contributed by atoms with E-state index in [1.807, 2.05) is 19.1 Å². The fraction of sp³-hybridized carbons (Fsp3) is 0.0714. The van der Waals surface area contributed by atoms with Crippen molar-refractivity contribution in [1.29, 1.82) is 0 Å². The molecule has 0 bridgehead atoms. The molecular weight excluding hydrogens is 316 g/mol. The van der Waals surface area contributed by atoms with Gasteiger partial charge < -0.3 is 4.74 Å². The Balaban J connectivity index is 2.21. The molecule has 2 aromatic carbocycles. The summed E-state index contributed by atoms with van der Waals surface area (Å²) in [6, 6.07) is 12.1. The summed E-state index contributed by atoms with van der Waals surface area (Å²) >= 11 is 9.19. The van der Waals surface area contributed by atoms with Gasteiger partial charge in [0.05, 0.1) is 5.56 Å². The Morgan fingerprint density at radius 3 is 2.67 bits per heavy atom. The van der Waals surface area contributed by atoms with E-state index in [2.05, 4.69) is 15.9 Å². The first-order valence-corrected chi connectivity index (χ1v) is 6.47. The maximum atomic E-state index is 11.9. The van der Waals surface area contributed by atoms with Crippen LogP contribution in [0.15, 0.2) is 46.9 Å². The first kappa shape index (κ1) is 13.1. The molecule has 0 saturated carbocycles. The number of hydrogen-bond acceptors (Lipinski definition) is 2. The van der Waals surface area contributed by atoms with Crippen LogP contribution in [0.4, 0.5) is 0 Å². The van der Waals surface area contributed by atoms with E-state index >= 15 is 0 Å². The summed E-state index contributed by atoms with van der Waals surface area (Å²) < 4.78 is 6.27. The predicted octanol–water partition coefficient (Wildman–Crippen LogP) is 4.63. The number of ether oxygens (including phenoxy) is 1. The Kier molecular flexibility index (Phi) is 4.04. The third-order valence-corrected chi connectivity index (χ3v) is 3.13. The third kappa shape index (κ3) is 3.12. The molecule has 0 aliphatic heterocycles. The molecule has 0 unspecified atom stereocenters. The van der Waals surface area contributed by atoms with E-state index in [9.17, 15) is 4.79 Å². The predicted molar refractivity (Wildman–Crippen MR) is 75.3 cm³/mol. The minimum atomic E-state index is -0.414. The van der Waals surface area contributed by atoms with Crippen LogP contribution in [0.5, 0.6) is 5.75 Å². The van der Waals surface area contributed by atoms with Crippen LogP contribution >= 0.6 is 27.5 Å². The van der Waals surface area contributed by atoms with Crippen molar-refractivity contribution in [2.45, 2.75) is 6.92 Å². The smallest absolute Gasteiger partial charge is 0.343 e. The topological polar surface area (TPSA) is 26.3 Å². The van der Waals surface area contributed by atoms with Gasteiger partial charge in [-0.25, -0.2) is 4.79 Å². The number of carbonyl (C=O) groups is 1. The standard InChI is InChI=1S/C14H10BrClO2/c1-9-7-11(15)5-6-13(9)18-14(17)10-3-2-4-12(16)8-10/h2-8H,1H3. The molecule has 0 amide bonds. The SMILES string of the molecule is Cc1cc(Br)ccc1OC(=O)c1cccc(Cl)c1. The molecule has 0 aromatic heterocycles. The fourth-order valence-corrected chi connectivity index (χ4v) is 2.17. The second-order valence-corrected chi connectivity index (χ2v) is 5.16. The van der Waals surface area contributed by atoms with Gasteiger partial charge in [0.2, 0.25) is 0 Å². The lowest BCUT2D eigenvalue weighted by Crippen LogP contribution is -2.09. The van der Waals surface area contributed by atoms with Crippen molar-refractivity contribution in [3.63, 3.8) is 0 Å². The van der Waals surface area contributed by atoms with Crippen LogP contribution in [0.1, 0.15) is 15.9 Å². The van der Waals surface area contributed by atoms with Crippen molar-refractivity contribution in [2.75, 3.05) is 0 Å². The molecule has 2 rings (SSSR count). The highest BCUT2D eigenvalue weighted by molar-refractivity contribution is 9.10. The second-order valence-electron chi connectivity index (χ2n) is 3.81. The fourth-order valence-electron chi connectivity index (χ4n) is 1.50. The summed E-state index contributed by atoms with van der Waals surface area (Å²) in [5, 5.41) is 0.511. The number of benzene rings is 2. The highest BCUT2D eigenvalue weighted by Gasteiger charge is 2.10. The minimum Gasteiger partial charge on any atom is -0.423 e. The number of carbonyl (C=O) groups excluding carboxylic acids is 1. The van der Waals surface area contributed by atoms with Crippen LogP contribution in [-0.2, 0) is 0 Å². The highest BCUT2D eigenvalue weighted by atomic mass is 79.9. The summed E-state index contributed by atoms with van der Waals surface area (Å²) in [5.41, 5.74) is 1.32. The van der Waals surface area contributed by atoms with E-state index in [0.29, 0.717) is 16.3 Å². The van der Waals surface area contributed by atoms with Crippen LogP contribution in [0.2, 0.25) is 5.02 Å². The molecule has 92 valence electrons. The lowest BCUT2D eigenvalue weighted by Gasteiger charge is -2.07. The zero-order chi connectivity index (χ0) is 13.1. The van der Waals surface area contributed by atoms with Gasteiger partial charge in [-0.1, -0.05) is 33.6 Å². The molecule has 0 saturated heterocycles. The molecule has 18 heavy (non-hydrogen) atoms. The average molecular weight is 326 g/mol. The average Bonchev–Trinajstić information content (AvgIpc) is 2.32. The molecule has 0 fully saturated rings. The van der Waals surface area contributed by atoms with Crippen LogP contribution in [0.3, 0.4) is 0 Å². The maximum Gasteiger partial charge on any atom is 0.343 e. The van der Waals surface area contributed by atoms with Gasteiger partial charge in [-0.05, 0) is 48.9 Å². The lowest BCUT2D eigenvalue weighted by molar-refractivity contribution is 0.0733. The monoisotopic (exact) mass is 324 g/mol. The first-order chi connectivity index (χ1) is 8.56. The summed E-state index contributed by atoms with van der Waals surface area (Å²) in [5.74, 6) is 0.131. The van der Waals surface area contributed by atoms with E-state index in [0.717, 1.165) is 10.0 Å². The van der Waals surface area contributed by atoms with E-state index < -0.39 is 5.97 Å². The number of halogens is 2. The van der Waals surface area contributed by atoms with E-state index in [-0.39, 0.29) is 0 Å². The Hall–Kier alpha value is -1.32. The molecule has 4 heteroatoms. The normalized spacial score (nSPS) is 10.2. The molecular formula is C14H10BrClO2.